The molecule has 6 nitrogen and oxygen atoms in total. The maximum absolute atomic E-state index is 12.9. The van der Waals surface area contributed by atoms with Gasteiger partial charge in [0, 0.05) is 57.6 Å². The number of halogens is 1. The van der Waals surface area contributed by atoms with Crippen molar-refractivity contribution in [3.63, 3.8) is 0 Å². The number of nitrogens with zero attached hydrogens (tertiary/aromatic N) is 5. The van der Waals surface area contributed by atoms with Crippen LogP contribution in [-0.4, -0.2) is 73.2 Å². The molecule has 0 N–H and O–H groups in total. The Morgan fingerprint density at radius 2 is 1.88 bits per heavy atom. The lowest BCUT2D eigenvalue weighted by Gasteiger charge is -2.36. The number of aromatic nitrogens is 2. The molecule has 3 atom stereocenters. The van der Waals surface area contributed by atoms with Crippen molar-refractivity contribution in [2.24, 2.45) is 16.8 Å². The Morgan fingerprint density at radius 3 is 2.59 bits per heavy atom. The van der Waals surface area contributed by atoms with Gasteiger partial charge in [-0.1, -0.05) is 31.2 Å². The number of rotatable bonds is 5. The van der Waals surface area contributed by atoms with Gasteiger partial charge in [0.2, 0.25) is 0 Å². The van der Waals surface area contributed by atoms with Crippen molar-refractivity contribution in [1.29, 1.82) is 0 Å². The molecule has 0 saturated carbocycles. The van der Waals surface area contributed by atoms with Crippen LogP contribution in [0.4, 0.5) is 15.9 Å². The summed E-state index contributed by atoms with van der Waals surface area (Å²) >= 11 is 0. The third-order valence-electron chi connectivity index (χ3n) is 7.85. The molecule has 182 valence electrons. The minimum absolute atomic E-state index is 0.264. The van der Waals surface area contributed by atoms with Gasteiger partial charge in [-0.05, 0) is 49.7 Å². The molecule has 3 aliphatic heterocycles. The number of anilines is 1. The minimum atomic E-state index is -0.296. The summed E-state index contributed by atoms with van der Waals surface area (Å²) < 4.78 is 18.7. The standard InChI is InChI=1S/C27H36FN5O/c1-18-6-4-5-7-22(18)24-16-23(21-8-15-34-17-21)19(2)25-26(31-24)27(30-20(3)29-25)33-13-11-32(10-9-28)12-14-33/h4-7,19,21,23H,8-17H2,1-3H3. The molecule has 2 aromatic rings. The van der Waals surface area contributed by atoms with E-state index in [9.17, 15) is 4.39 Å². The van der Waals surface area contributed by atoms with Crippen LogP contribution in [0.25, 0.3) is 0 Å². The number of benzene rings is 1. The molecular weight excluding hydrogens is 429 g/mol. The second-order valence-electron chi connectivity index (χ2n) is 10.00. The van der Waals surface area contributed by atoms with Crippen molar-refractivity contribution >= 4 is 17.2 Å². The van der Waals surface area contributed by atoms with E-state index in [-0.39, 0.29) is 12.6 Å². The van der Waals surface area contributed by atoms with Gasteiger partial charge in [0.25, 0.3) is 0 Å². The molecule has 4 heterocycles. The second-order valence-corrected chi connectivity index (χ2v) is 10.00. The Bertz CT molecular complexity index is 1040. The molecule has 0 radical (unpaired) electrons. The number of hydrogen-bond donors (Lipinski definition) is 0. The molecule has 0 bridgehead atoms. The first-order chi connectivity index (χ1) is 16.5. The number of hydrogen-bond acceptors (Lipinski definition) is 6. The summed E-state index contributed by atoms with van der Waals surface area (Å²) in [5.41, 5.74) is 5.58. The number of piperazine rings is 1. The number of aliphatic imine (C=N–C) groups is 1. The highest BCUT2D eigenvalue weighted by atomic mass is 19.1. The normalized spacial score (nSPS) is 25.7. The largest absolute Gasteiger partial charge is 0.381 e. The topological polar surface area (TPSA) is 53.9 Å². The number of alkyl halides is 1. The van der Waals surface area contributed by atoms with Gasteiger partial charge in [-0.25, -0.2) is 19.4 Å². The van der Waals surface area contributed by atoms with Crippen molar-refractivity contribution in [2.45, 2.75) is 39.5 Å². The summed E-state index contributed by atoms with van der Waals surface area (Å²) in [5, 5.41) is 0. The van der Waals surface area contributed by atoms with E-state index in [4.69, 9.17) is 19.7 Å². The second kappa shape index (κ2) is 10.1. The highest BCUT2D eigenvalue weighted by Gasteiger charge is 2.37. The zero-order valence-corrected chi connectivity index (χ0v) is 20.6. The quantitative estimate of drug-likeness (QED) is 0.652. The average molecular weight is 466 g/mol. The van der Waals surface area contributed by atoms with Crippen molar-refractivity contribution in [3.05, 3.63) is 46.9 Å². The summed E-state index contributed by atoms with van der Waals surface area (Å²) in [5.74, 6) is 2.93. The third-order valence-corrected chi connectivity index (χ3v) is 7.85. The monoisotopic (exact) mass is 465 g/mol. The van der Waals surface area contributed by atoms with Crippen LogP contribution >= 0.6 is 0 Å². The number of fused-ring (bicyclic) bond motifs is 1. The average Bonchev–Trinajstić information content (AvgIpc) is 3.33. The van der Waals surface area contributed by atoms with Crippen molar-refractivity contribution in [3.8, 4) is 0 Å². The number of ether oxygens (including phenoxy) is 1. The summed E-state index contributed by atoms with van der Waals surface area (Å²) in [6, 6.07) is 8.54. The Kier molecular flexibility index (Phi) is 6.93. The van der Waals surface area contributed by atoms with Gasteiger partial charge < -0.3 is 9.64 Å². The molecule has 2 saturated heterocycles. The third kappa shape index (κ3) is 4.60. The van der Waals surface area contributed by atoms with Crippen LogP contribution in [0.5, 0.6) is 0 Å². The van der Waals surface area contributed by atoms with Crippen molar-refractivity contribution in [1.82, 2.24) is 14.9 Å². The molecule has 2 fully saturated rings. The van der Waals surface area contributed by atoms with Crippen LogP contribution in [0.3, 0.4) is 0 Å². The fourth-order valence-corrected chi connectivity index (χ4v) is 5.84. The predicted molar refractivity (Wildman–Crippen MR) is 134 cm³/mol. The summed E-state index contributed by atoms with van der Waals surface area (Å²) in [6.45, 7) is 11.7. The molecule has 34 heavy (non-hydrogen) atoms. The Labute approximate surface area is 202 Å². The Hall–Kier alpha value is -2.38. The molecule has 0 spiro atoms. The SMILES string of the molecule is Cc1nc2c(c(N3CCN(CCF)CC3)n1)N=C(c1ccccc1C)CC(C1CCOC1)C2C. The lowest BCUT2D eigenvalue weighted by Crippen LogP contribution is -2.47. The fourth-order valence-electron chi connectivity index (χ4n) is 5.84. The van der Waals surface area contributed by atoms with E-state index in [1.165, 1.54) is 11.1 Å². The first kappa shape index (κ1) is 23.4. The van der Waals surface area contributed by atoms with Gasteiger partial charge in [-0.3, -0.25) is 4.90 Å². The maximum Gasteiger partial charge on any atom is 0.158 e. The van der Waals surface area contributed by atoms with Crippen LogP contribution < -0.4 is 4.90 Å². The Balaban J connectivity index is 1.60. The Morgan fingerprint density at radius 1 is 1.09 bits per heavy atom. The molecular formula is C27H36FN5O. The molecule has 0 amide bonds. The van der Waals surface area contributed by atoms with Crippen LogP contribution in [0, 0.1) is 25.7 Å². The molecule has 1 aromatic carbocycles. The van der Waals surface area contributed by atoms with Crippen molar-refractivity contribution < 1.29 is 9.13 Å². The molecule has 3 aliphatic rings. The van der Waals surface area contributed by atoms with E-state index in [1.807, 2.05) is 6.92 Å². The molecule has 3 unspecified atom stereocenters. The van der Waals surface area contributed by atoms with E-state index in [2.05, 4.69) is 47.9 Å². The lowest BCUT2D eigenvalue weighted by molar-refractivity contribution is 0.167. The zero-order chi connectivity index (χ0) is 23.7. The zero-order valence-electron chi connectivity index (χ0n) is 20.6. The summed E-state index contributed by atoms with van der Waals surface area (Å²) in [4.78, 5) is 19.8. The molecule has 1 aromatic heterocycles. The maximum atomic E-state index is 12.9. The van der Waals surface area contributed by atoms with Gasteiger partial charge >= 0.3 is 0 Å². The van der Waals surface area contributed by atoms with Crippen LogP contribution in [0.2, 0.25) is 0 Å². The van der Waals surface area contributed by atoms with E-state index >= 15 is 0 Å². The smallest absolute Gasteiger partial charge is 0.158 e. The van der Waals surface area contributed by atoms with Gasteiger partial charge in [0.05, 0.1) is 5.69 Å². The van der Waals surface area contributed by atoms with Gasteiger partial charge in [0.15, 0.2) is 5.82 Å². The molecule has 5 rings (SSSR count). The predicted octanol–water partition coefficient (Wildman–Crippen LogP) is 4.47. The van der Waals surface area contributed by atoms with E-state index < -0.39 is 0 Å². The van der Waals surface area contributed by atoms with E-state index in [0.717, 1.165) is 81.0 Å². The fraction of sp³-hybridized carbons (Fsp3) is 0.593. The van der Waals surface area contributed by atoms with Gasteiger partial charge in [0.1, 0.15) is 18.2 Å². The lowest BCUT2D eigenvalue weighted by atomic mass is 9.76. The van der Waals surface area contributed by atoms with Crippen LogP contribution in [0.15, 0.2) is 29.3 Å². The van der Waals surface area contributed by atoms with E-state index in [0.29, 0.717) is 18.4 Å². The molecule has 0 aliphatic carbocycles. The van der Waals surface area contributed by atoms with Crippen LogP contribution in [0.1, 0.15) is 48.3 Å². The van der Waals surface area contributed by atoms with Gasteiger partial charge in [-0.2, -0.15) is 0 Å². The number of aryl methyl sites for hydroxylation is 2. The summed E-state index contributed by atoms with van der Waals surface area (Å²) in [7, 11) is 0. The molecule has 7 heteroatoms. The van der Waals surface area contributed by atoms with E-state index in [1.54, 1.807) is 0 Å². The first-order valence-corrected chi connectivity index (χ1v) is 12.7. The van der Waals surface area contributed by atoms with Crippen molar-refractivity contribution in [2.75, 3.05) is 57.5 Å². The van der Waals surface area contributed by atoms with Gasteiger partial charge in [-0.15, -0.1) is 0 Å². The first-order valence-electron chi connectivity index (χ1n) is 12.7. The highest BCUT2D eigenvalue weighted by Crippen LogP contribution is 2.45. The summed E-state index contributed by atoms with van der Waals surface area (Å²) in [6.07, 6.45) is 2.01. The highest BCUT2D eigenvalue weighted by molar-refractivity contribution is 6.04. The minimum Gasteiger partial charge on any atom is -0.381 e. The van der Waals surface area contributed by atoms with Crippen LogP contribution in [-0.2, 0) is 4.74 Å².